The predicted molar refractivity (Wildman–Crippen MR) is 122 cm³/mol. The molecule has 3 aromatic carbocycles. The van der Waals surface area contributed by atoms with Crippen LogP contribution in [-0.2, 0) is 6.61 Å². The quantitative estimate of drug-likeness (QED) is 0.266. The lowest BCUT2D eigenvalue weighted by Crippen LogP contribution is -2.41. The number of benzene rings is 3. The SMILES string of the molecule is O=C(NNC(=O)c1ccccc1OCc1ccc(Cl)cc1)c1ccc2[nH]c(=O)c(=O)[nH]c2c1. The van der Waals surface area contributed by atoms with Crippen LogP contribution in [0.2, 0.25) is 5.02 Å². The van der Waals surface area contributed by atoms with Gasteiger partial charge in [0, 0.05) is 10.6 Å². The van der Waals surface area contributed by atoms with E-state index in [1.165, 1.54) is 18.2 Å². The van der Waals surface area contributed by atoms with Crippen LogP contribution in [0.1, 0.15) is 26.3 Å². The van der Waals surface area contributed by atoms with E-state index in [2.05, 4.69) is 20.8 Å². The highest BCUT2D eigenvalue weighted by atomic mass is 35.5. The molecule has 0 aliphatic heterocycles. The summed E-state index contributed by atoms with van der Waals surface area (Å²) in [6.45, 7) is 0.227. The summed E-state index contributed by atoms with van der Waals surface area (Å²) < 4.78 is 5.77. The van der Waals surface area contributed by atoms with E-state index >= 15 is 0 Å². The van der Waals surface area contributed by atoms with Crippen LogP contribution < -0.4 is 26.7 Å². The highest BCUT2D eigenvalue weighted by molar-refractivity contribution is 6.30. The molecule has 0 saturated carbocycles. The van der Waals surface area contributed by atoms with Gasteiger partial charge in [0.15, 0.2) is 0 Å². The van der Waals surface area contributed by atoms with Crippen molar-refractivity contribution in [3.05, 3.63) is 109 Å². The van der Waals surface area contributed by atoms with Gasteiger partial charge in [-0.15, -0.1) is 0 Å². The van der Waals surface area contributed by atoms with Gasteiger partial charge in [0.2, 0.25) is 0 Å². The van der Waals surface area contributed by atoms with Crippen LogP contribution in [0.15, 0.2) is 76.3 Å². The van der Waals surface area contributed by atoms with Gasteiger partial charge in [0.05, 0.1) is 16.6 Å². The number of hydrazine groups is 1. The standard InChI is InChI=1S/C23H17ClN4O5/c24-15-8-5-13(6-9-15)12-33-19-4-2-1-3-16(19)21(30)28-27-20(29)14-7-10-17-18(11-14)26-23(32)22(31)25-17/h1-11H,12H2,(H,25,31)(H,26,32)(H,27,29)(H,28,30). The zero-order chi connectivity index (χ0) is 23.4. The molecule has 2 amide bonds. The van der Waals surface area contributed by atoms with Crippen molar-refractivity contribution in [2.45, 2.75) is 6.61 Å². The summed E-state index contributed by atoms with van der Waals surface area (Å²) in [4.78, 5) is 52.8. The maximum Gasteiger partial charge on any atom is 0.314 e. The average molecular weight is 465 g/mol. The molecular formula is C23H17ClN4O5. The Labute approximate surface area is 191 Å². The Bertz CT molecular complexity index is 1460. The zero-order valence-corrected chi connectivity index (χ0v) is 17.7. The van der Waals surface area contributed by atoms with Crippen LogP contribution in [-0.4, -0.2) is 21.8 Å². The summed E-state index contributed by atoms with van der Waals surface area (Å²) in [5.41, 5.74) is 4.96. The van der Waals surface area contributed by atoms with Gasteiger partial charge < -0.3 is 14.7 Å². The van der Waals surface area contributed by atoms with Crippen molar-refractivity contribution in [2.24, 2.45) is 0 Å². The fraction of sp³-hybridized carbons (Fsp3) is 0.0435. The molecule has 0 saturated heterocycles. The third kappa shape index (κ3) is 5.10. The number of rotatable bonds is 5. The van der Waals surface area contributed by atoms with Crippen molar-refractivity contribution >= 4 is 34.4 Å². The molecule has 9 nitrogen and oxygen atoms in total. The monoisotopic (exact) mass is 464 g/mol. The second-order valence-corrected chi connectivity index (χ2v) is 7.42. The van der Waals surface area contributed by atoms with Crippen LogP contribution in [0, 0.1) is 0 Å². The molecule has 0 bridgehead atoms. The van der Waals surface area contributed by atoms with Crippen LogP contribution in [0.25, 0.3) is 11.0 Å². The molecule has 0 aliphatic carbocycles. The number of fused-ring (bicyclic) bond motifs is 1. The molecule has 1 heterocycles. The molecule has 0 aliphatic rings. The van der Waals surface area contributed by atoms with Crippen molar-refractivity contribution in [2.75, 3.05) is 0 Å². The molecule has 4 N–H and O–H groups in total. The van der Waals surface area contributed by atoms with E-state index in [4.69, 9.17) is 16.3 Å². The van der Waals surface area contributed by atoms with E-state index in [-0.39, 0.29) is 23.3 Å². The van der Waals surface area contributed by atoms with Gasteiger partial charge >= 0.3 is 11.1 Å². The number of hydrogen-bond donors (Lipinski definition) is 4. The number of carbonyl (C=O) groups excluding carboxylic acids is 2. The smallest absolute Gasteiger partial charge is 0.314 e. The predicted octanol–water partition coefficient (Wildman–Crippen LogP) is 2.52. The lowest BCUT2D eigenvalue weighted by atomic mass is 10.2. The number of amides is 2. The van der Waals surface area contributed by atoms with Crippen molar-refractivity contribution in [3.63, 3.8) is 0 Å². The van der Waals surface area contributed by atoms with E-state index in [1.807, 2.05) is 12.1 Å². The molecule has 33 heavy (non-hydrogen) atoms. The topological polar surface area (TPSA) is 133 Å². The van der Waals surface area contributed by atoms with Crippen LogP contribution >= 0.6 is 11.6 Å². The van der Waals surface area contributed by atoms with Gasteiger partial charge in [-0.25, -0.2) is 0 Å². The summed E-state index contributed by atoms with van der Waals surface area (Å²) in [6, 6.07) is 18.0. The normalized spacial score (nSPS) is 10.6. The number of aromatic nitrogens is 2. The largest absolute Gasteiger partial charge is 0.488 e. The summed E-state index contributed by atoms with van der Waals surface area (Å²) in [5.74, 6) is -0.850. The van der Waals surface area contributed by atoms with Gasteiger partial charge in [-0.1, -0.05) is 35.9 Å². The molecule has 166 valence electrons. The van der Waals surface area contributed by atoms with Crippen molar-refractivity contribution in [1.29, 1.82) is 0 Å². The Balaban J connectivity index is 1.43. The fourth-order valence-electron chi connectivity index (χ4n) is 3.03. The molecule has 10 heteroatoms. The highest BCUT2D eigenvalue weighted by Gasteiger charge is 2.14. The van der Waals surface area contributed by atoms with Crippen LogP contribution in [0.3, 0.4) is 0 Å². The molecular weight excluding hydrogens is 448 g/mol. The first kappa shape index (κ1) is 21.8. The Morgan fingerprint density at radius 2 is 1.48 bits per heavy atom. The number of nitrogens with one attached hydrogen (secondary N) is 4. The Hall–Kier alpha value is -4.37. The summed E-state index contributed by atoms with van der Waals surface area (Å²) in [7, 11) is 0. The van der Waals surface area contributed by atoms with E-state index in [0.29, 0.717) is 16.3 Å². The zero-order valence-electron chi connectivity index (χ0n) is 17.0. The molecule has 0 radical (unpaired) electrons. The second-order valence-electron chi connectivity index (χ2n) is 6.99. The van der Waals surface area contributed by atoms with E-state index in [1.54, 1.807) is 36.4 Å². The van der Waals surface area contributed by atoms with E-state index in [9.17, 15) is 19.2 Å². The lowest BCUT2D eigenvalue weighted by Gasteiger charge is -2.12. The number of para-hydroxylation sites is 1. The molecule has 4 rings (SSSR count). The minimum Gasteiger partial charge on any atom is -0.488 e. The fourth-order valence-corrected chi connectivity index (χ4v) is 3.16. The molecule has 1 aromatic heterocycles. The maximum absolute atomic E-state index is 12.6. The summed E-state index contributed by atoms with van der Waals surface area (Å²) in [6.07, 6.45) is 0. The van der Waals surface area contributed by atoms with Crippen molar-refractivity contribution < 1.29 is 14.3 Å². The number of ether oxygens (including phenoxy) is 1. The Morgan fingerprint density at radius 1 is 0.818 bits per heavy atom. The molecule has 0 spiro atoms. The van der Waals surface area contributed by atoms with Gasteiger partial charge in [0.1, 0.15) is 12.4 Å². The van der Waals surface area contributed by atoms with Gasteiger partial charge in [-0.3, -0.25) is 30.0 Å². The van der Waals surface area contributed by atoms with Crippen LogP contribution in [0.5, 0.6) is 5.75 Å². The lowest BCUT2D eigenvalue weighted by molar-refractivity contribution is 0.0844. The molecule has 0 atom stereocenters. The minimum atomic E-state index is -0.830. The Morgan fingerprint density at radius 3 is 2.24 bits per heavy atom. The number of halogens is 1. The number of hydrogen-bond acceptors (Lipinski definition) is 5. The number of H-pyrrole nitrogens is 2. The maximum atomic E-state index is 12.6. The molecule has 0 fully saturated rings. The highest BCUT2D eigenvalue weighted by Crippen LogP contribution is 2.20. The van der Waals surface area contributed by atoms with Crippen molar-refractivity contribution in [3.8, 4) is 5.75 Å². The first-order valence-corrected chi connectivity index (χ1v) is 10.1. The third-order valence-electron chi connectivity index (χ3n) is 4.71. The number of carbonyl (C=O) groups is 2. The van der Waals surface area contributed by atoms with Gasteiger partial charge in [0.25, 0.3) is 11.8 Å². The second kappa shape index (κ2) is 9.41. The molecule has 4 aromatic rings. The summed E-state index contributed by atoms with van der Waals surface area (Å²) >= 11 is 5.88. The first-order valence-electron chi connectivity index (χ1n) is 9.74. The number of aromatic amines is 2. The van der Waals surface area contributed by atoms with E-state index in [0.717, 1.165) is 5.56 Å². The Kier molecular flexibility index (Phi) is 6.23. The molecule has 0 unspecified atom stereocenters. The van der Waals surface area contributed by atoms with Crippen molar-refractivity contribution in [1.82, 2.24) is 20.8 Å². The van der Waals surface area contributed by atoms with Gasteiger partial charge in [-0.05, 0) is 48.0 Å². The average Bonchev–Trinajstić information content (AvgIpc) is 2.82. The first-order chi connectivity index (χ1) is 15.9. The van der Waals surface area contributed by atoms with Gasteiger partial charge in [-0.2, -0.15) is 0 Å². The van der Waals surface area contributed by atoms with Crippen LogP contribution in [0.4, 0.5) is 0 Å². The third-order valence-corrected chi connectivity index (χ3v) is 4.97. The minimum absolute atomic E-state index is 0.165. The summed E-state index contributed by atoms with van der Waals surface area (Å²) in [5, 5.41) is 0.611. The van der Waals surface area contributed by atoms with E-state index < -0.39 is 22.9 Å².